The Morgan fingerprint density at radius 1 is 1.00 bits per heavy atom. The number of nitrogens with zero attached hydrogens (tertiary/aromatic N) is 1. The van der Waals surface area contributed by atoms with Crippen molar-refractivity contribution in [3.05, 3.63) is 88.8 Å². The Balaban J connectivity index is 1.47. The maximum Gasteiger partial charge on any atom is 0.258 e. The summed E-state index contributed by atoms with van der Waals surface area (Å²) in [5.74, 6) is 1.37. The Morgan fingerprint density at radius 2 is 1.86 bits per heavy atom. The fraction of sp³-hybridized carbons (Fsp3) is 0.0909. The molecular formula is C22H18N2O3S. The summed E-state index contributed by atoms with van der Waals surface area (Å²) in [4.78, 5) is 16.4. The Labute approximate surface area is 166 Å². The highest BCUT2D eigenvalue weighted by Crippen LogP contribution is 2.29. The molecule has 4 rings (SSSR count). The van der Waals surface area contributed by atoms with Crippen molar-refractivity contribution in [3.8, 4) is 33.2 Å². The predicted octanol–water partition coefficient (Wildman–Crippen LogP) is 4.75. The predicted molar refractivity (Wildman–Crippen MR) is 111 cm³/mol. The Hall–Kier alpha value is -3.38. The van der Waals surface area contributed by atoms with Gasteiger partial charge in [-0.3, -0.25) is 9.17 Å². The Kier molecular flexibility index (Phi) is 5.21. The molecule has 2 aromatic carbocycles. The molecule has 28 heavy (non-hydrogen) atoms. The van der Waals surface area contributed by atoms with Gasteiger partial charge in [-0.05, 0) is 59.2 Å². The first-order chi connectivity index (χ1) is 13.7. The second-order valence-corrected chi connectivity index (χ2v) is 7.00. The second-order valence-electron chi connectivity index (χ2n) is 6.15. The van der Waals surface area contributed by atoms with E-state index in [1.54, 1.807) is 19.4 Å². The first-order valence-electron chi connectivity index (χ1n) is 8.73. The molecular weight excluding hydrogens is 372 g/mol. The van der Waals surface area contributed by atoms with Gasteiger partial charge in [-0.25, -0.2) is 4.98 Å². The van der Waals surface area contributed by atoms with Gasteiger partial charge >= 0.3 is 0 Å². The minimum absolute atomic E-state index is 0.0783. The molecule has 0 saturated carbocycles. The lowest BCUT2D eigenvalue weighted by Crippen LogP contribution is -1.96. The van der Waals surface area contributed by atoms with Crippen molar-refractivity contribution in [2.24, 2.45) is 0 Å². The van der Waals surface area contributed by atoms with Gasteiger partial charge in [-0.2, -0.15) is 0 Å². The molecule has 0 aliphatic heterocycles. The molecule has 0 saturated heterocycles. The lowest BCUT2D eigenvalue weighted by Gasteiger charge is -2.10. The molecule has 1 N–H and O–H groups in total. The van der Waals surface area contributed by atoms with Crippen LogP contribution in [0.25, 0.3) is 21.6 Å². The first-order valence-corrected chi connectivity index (χ1v) is 9.54. The summed E-state index contributed by atoms with van der Waals surface area (Å²) in [6.07, 6.45) is 1.71. The van der Waals surface area contributed by atoms with Crippen LogP contribution in [0, 0.1) is 0 Å². The summed E-state index contributed by atoms with van der Waals surface area (Å²) in [5.41, 5.74) is 3.94. The molecule has 5 nitrogen and oxygen atoms in total. The van der Waals surface area contributed by atoms with Crippen molar-refractivity contribution in [2.75, 3.05) is 7.11 Å². The van der Waals surface area contributed by atoms with E-state index in [4.69, 9.17) is 9.47 Å². The molecule has 0 aliphatic carbocycles. The lowest BCUT2D eigenvalue weighted by molar-refractivity contribution is 0.306. The number of hydrogen-bond donors (Lipinski definition) is 1. The highest BCUT2D eigenvalue weighted by molar-refractivity contribution is 7.09. The maximum absolute atomic E-state index is 11.3. The van der Waals surface area contributed by atoms with Crippen LogP contribution in [0.15, 0.2) is 77.7 Å². The molecule has 0 unspecified atom stereocenters. The van der Waals surface area contributed by atoms with Gasteiger partial charge in [0.15, 0.2) is 0 Å². The average molecular weight is 390 g/mol. The van der Waals surface area contributed by atoms with Crippen molar-refractivity contribution in [1.82, 2.24) is 9.36 Å². The summed E-state index contributed by atoms with van der Waals surface area (Å²) >= 11 is 1.33. The summed E-state index contributed by atoms with van der Waals surface area (Å²) in [5, 5.41) is 0. The topological polar surface area (TPSA) is 64.2 Å². The SMILES string of the molecule is COc1ncccc1-c1cccc(COc2ccc(-c3cc(=O)[nH]s3)cc2)c1. The van der Waals surface area contributed by atoms with Crippen molar-refractivity contribution < 1.29 is 9.47 Å². The van der Waals surface area contributed by atoms with E-state index in [0.29, 0.717) is 12.5 Å². The number of aromatic amines is 1. The normalized spacial score (nSPS) is 10.6. The van der Waals surface area contributed by atoms with Gasteiger partial charge in [0.05, 0.1) is 12.0 Å². The van der Waals surface area contributed by atoms with E-state index in [2.05, 4.69) is 15.4 Å². The number of methoxy groups -OCH3 is 1. The summed E-state index contributed by atoms with van der Waals surface area (Å²) in [6.45, 7) is 0.452. The number of nitrogens with one attached hydrogen (secondary N) is 1. The molecule has 2 heterocycles. The van der Waals surface area contributed by atoms with Crippen LogP contribution in [-0.4, -0.2) is 16.5 Å². The highest BCUT2D eigenvalue weighted by atomic mass is 32.1. The van der Waals surface area contributed by atoms with Crippen LogP contribution < -0.4 is 15.0 Å². The maximum atomic E-state index is 11.3. The van der Waals surface area contributed by atoms with Crippen LogP contribution in [0.3, 0.4) is 0 Å². The summed E-state index contributed by atoms with van der Waals surface area (Å²) in [7, 11) is 1.62. The fourth-order valence-electron chi connectivity index (χ4n) is 2.91. The van der Waals surface area contributed by atoms with Gasteiger partial charge in [0.2, 0.25) is 5.88 Å². The molecule has 0 fully saturated rings. The third kappa shape index (κ3) is 3.97. The number of ether oxygens (including phenoxy) is 2. The van der Waals surface area contributed by atoms with E-state index in [1.807, 2.05) is 54.6 Å². The molecule has 0 amide bonds. The largest absolute Gasteiger partial charge is 0.489 e. The molecule has 0 aliphatic rings. The minimum atomic E-state index is -0.0783. The standard InChI is InChI=1S/C22H18N2O3S/c1-26-22-19(6-3-11-23-22)17-5-2-4-15(12-17)14-27-18-9-7-16(8-10-18)20-13-21(25)24-28-20/h2-13H,14H2,1H3,(H,24,25). The molecule has 0 bridgehead atoms. The molecule has 0 spiro atoms. The number of rotatable bonds is 6. The number of pyridine rings is 1. The summed E-state index contributed by atoms with van der Waals surface area (Å²) < 4.78 is 14.0. The number of aromatic nitrogens is 2. The van der Waals surface area contributed by atoms with Gasteiger partial charge < -0.3 is 9.47 Å². The Morgan fingerprint density at radius 3 is 2.61 bits per heavy atom. The third-order valence-corrected chi connectivity index (χ3v) is 5.15. The molecule has 0 radical (unpaired) electrons. The molecule has 140 valence electrons. The Bertz CT molecular complexity index is 1130. The monoisotopic (exact) mass is 390 g/mol. The average Bonchev–Trinajstić information content (AvgIpc) is 3.19. The van der Waals surface area contributed by atoms with Crippen molar-refractivity contribution in [2.45, 2.75) is 6.61 Å². The summed E-state index contributed by atoms with van der Waals surface area (Å²) in [6, 6.07) is 21.3. The van der Waals surface area contributed by atoms with E-state index in [9.17, 15) is 4.79 Å². The van der Waals surface area contributed by atoms with E-state index >= 15 is 0 Å². The van der Waals surface area contributed by atoms with E-state index in [1.165, 1.54) is 11.5 Å². The molecule has 2 aromatic heterocycles. The quantitative estimate of drug-likeness (QED) is 0.516. The molecule has 0 atom stereocenters. The van der Waals surface area contributed by atoms with Crippen molar-refractivity contribution >= 4 is 11.5 Å². The lowest BCUT2D eigenvalue weighted by atomic mass is 10.0. The van der Waals surface area contributed by atoms with Crippen LogP contribution >= 0.6 is 11.5 Å². The zero-order valence-corrected chi connectivity index (χ0v) is 16.0. The second kappa shape index (κ2) is 8.10. The molecule has 4 aromatic rings. The zero-order chi connectivity index (χ0) is 19.3. The van der Waals surface area contributed by atoms with Crippen LogP contribution in [0.2, 0.25) is 0 Å². The molecule has 6 heteroatoms. The van der Waals surface area contributed by atoms with Gasteiger partial charge in [0, 0.05) is 17.8 Å². The van der Waals surface area contributed by atoms with E-state index < -0.39 is 0 Å². The van der Waals surface area contributed by atoms with Gasteiger partial charge in [-0.1, -0.05) is 29.7 Å². The van der Waals surface area contributed by atoms with Crippen LogP contribution in [0.4, 0.5) is 0 Å². The van der Waals surface area contributed by atoms with Gasteiger partial charge in [0.25, 0.3) is 5.56 Å². The smallest absolute Gasteiger partial charge is 0.258 e. The van der Waals surface area contributed by atoms with Crippen LogP contribution in [-0.2, 0) is 6.61 Å². The van der Waals surface area contributed by atoms with Crippen molar-refractivity contribution in [1.29, 1.82) is 0 Å². The number of benzene rings is 2. The number of H-pyrrole nitrogens is 1. The third-order valence-electron chi connectivity index (χ3n) is 4.27. The first kappa shape index (κ1) is 18.0. The zero-order valence-electron chi connectivity index (χ0n) is 15.2. The highest BCUT2D eigenvalue weighted by Gasteiger charge is 2.07. The van der Waals surface area contributed by atoms with E-state index in [0.717, 1.165) is 32.9 Å². The van der Waals surface area contributed by atoms with Crippen LogP contribution in [0.1, 0.15) is 5.56 Å². The fourth-order valence-corrected chi connectivity index (χ4v) is 3.60. The number of hydrogen-bond acceptors (Lipinski definition) is 5. The minimum Gasteiger partial charge on any atom is -0.489 e. The van der Waals surface area contributed by atoms with Gasteiger partial charge in [0.1, 0.15) is 12.4 Å². The van der Waals surface area contributed by atoms with Crippen molar-refractivity contribution in [3.63, 3.8) is 0 Å². The van der Waals surface area contributed by atoms with E-state index in [-0.39, 0.29) is 5.56 Å². The van der Waals surface area contributed by atoms with Crippen LogP contribution in [0.5, 0.6) is 11.6 Å². The van der Waals surface area contributed by atoms with Gasteiger partial charge in [-0.15, -0.1) is 0 Å².